The number of methoxy groups -OCH3 is 1. The Kier molecular flexibility index (Phi) is 5.67. The van der Waals surface area contributed by atoms with Gasteiger partial charge >= 0.3 is 0 Å². The average molecular weight is 374 g/mol. The largest absolute Gasteiger partial charge is 0.493 e. The van der Waals surface area contributed by atoms with Crippen molar-refractivity contribution in [3.63, 3.8) is 0 Å². The molecule has 2 aromatic heterocycles. The van der Waals surface area contributed by atoms with Gasteiger partial charge in [0, 0.05) is 6.54 Å². The molecule has 5 nitrogen and oxygen atoms in total. The molecule has 0 bridgehead atoms. The first-order valence-electron chi connectivity index (χ1n) is 7.79. The van der Waals surface area contributed by atoms with Crippen LogP contribution < -0.4 is 14.8 Å². The molecule has 0 radical (unpaired) electrons. The van der Waals surface area contributed by atoms with E-state index in [-0.39, 0.29) is 5.91 Å². The average Bonchev–Trinajstić information content (AvgIpc) is 3.32. The van der Waals surface area contributed by atoms with Gasteiger partial charge in [0.25, 0.3) is 5.91 Å². The van der Waals surface area contributed by atoms with Crippen LogP contribution in [-0.2, 0) is 6.54 Å². The van der Waals surface area contributed by atoms with Gasteiger partial charge in [0.15, 0.2) is 11.5 Å². The summed E-state index contributed by atoms with van der Waals surface area (Å²) in [6.45, 7) is 2.91. The number of hydrogen-bond acceptors (Lipinski definition) is 6. The zero-order chi connectivity index (χ0) is 17.6. The van der Waals surface area contributed by atoms with Crippen LogP contribution in [0.3, 0.4) is 0 Å². The summed E-state index contributed by atoms with van der Waals surface area (Å²) in [5.74, 6) is 1.22. The van der Waals surface area contributed by atoms with E-state index in [0.29, 0.717) is 29.5 Å². The second-order valence-electron chi connectivity index (χ2n) is 5.11. The van der Waals surface area contributed by atoms with Crippen LogP contribution in [0.5, 0.6) is 11.5 Å². The SMILES string of the molecule is CCOc1ccc(CNC(=O)c2cnc(-c3cccs3)s2)cc1OC. The summed E-state index contributed by atoms with van der Waals surface area (Å²) in [5.41, 5.74) is 0.941. The number of amides is 1. The lowest BCUT2D eigenvalue weighted by Gasteiger charge is -2.11. The number of carbonyl (C=O) groups excluding carboxylic acids is 1. The minimum absolute atomic E-state index is 0.131. The summed E-state index contributed by atoms with van der Waals surface area (Å²) in [5, 5.41) is 5.77. The number of nitrogens with zero attached hydrogens (tertiary/aromatic N) is 1. The van der Waals surface area contributed by atoms with Crippen molar-refractivity contribution >= 4 is 28.6 Å². The highest BCUT2D eigenvalue weighted by Crippen LogP contribution is 2.29. The van der Waals surface area contributed by atoms with Crippen LogP contribution in [0.4, 0.5) is 0 Å². The van der Waals surface area contributed by atoms with Crippen LogP contribution in [0.1, 0.15) is 22.2 Å². The van der Waals surface area contributed by atoms with Gasteiger partial charge in [-0.3, -0.25) is 4.79 Å². The zero-order valence-electron chi connectivity index (χ0n) is 13.9. The number of benzene rings is 1. The molecule has 1 N–H and O–H groups in total. The van der Waals surface area contributed by atoms with Crippen molar-refractivity contribution in [1.29, 1.82) is 0 Å². The molecular weight excluding hydrogens is 356 g/mol. The Labute approximate surface area is 154 Å². The quantitative estimate of drug-likeness (QED) is 0.673. The standard InChI is InChI=1S/C18H18N2O3S2/c1-3-23-13-7-6-12(9-14(13)22-2)10-19-17(21)16-11-20-18(25-16)15-5-4-8-24-15/h4-9,11H,3,10H2,1-2H3,(H,19,21). The lowest BCUT2D eigenvalue weighted by Crippen LogP contribution is -2.21. The first-order chi connectivity index (χ1) is 12.2. The first kappa shape index (κ1) is 17.4. The van der Waals surface area contributed by atoms with Crippen LogP contribution in [0.2, 0.25) is 0 Å². The van der Waals surface area contributed by atoms with Crippen LogP contribution >= 0.6 is 22.7 Å². The highest BCUT2D eigenvalue weighted by atomic mass is 32.1. The topological polar surface area (TPSA) is 60.5 Å². The van der Waals surface area contributed by atoms with E-state index in [1.54, 1.807) is 24.6 Å². The minimum atomic E-state index is -0.131. The van der Waals surface area contributed by atoms with Gasteiger partial charge in [0.2, 0.25) is 0 Å². The second kappa shape index (κ2) is 8.13. The molecule has 0 saturated heterocycles. The Hall–Kier alpha value is -2.38. The Morgan fingerprint density at radius 2 is 2.16 bits per heavy atom. The van der Waals surface area contributed by atoms with Crippen molar-refractivity contribution < 1.29 is 14.3 Å². The van der Waals surface area contributed by atoms with Crippen LogP contribution in [0.25, 0.3) is 9.88 Å². The number of aromatic nitrogens is 1. The molecule has 0 atom stereocenters. The lowest BCUT2D eigenvalue weighted by atomic mass is 10.2. The number of nitrogens with one attached hydrogen (secondary N) is 1. The monoisotopic (exact) mass is 374 g/mol. The maximum Gasteiger partial charge on any atom is 0.263 e. The molecule has 3 aromatic rings. The summed E-state index contributed by atoms with van der Waals surface area (Å²) in [6.07, 6.45) is 1.62. The smallest absolute Gasteiger partial charge is 0.263 e. The molecule has 0 fully saturated rings. The second-order valence-corrected chi connectivity index (χ2v) is 7.09. The molecule has 0 unspecified atom stereocenters. The third kappa shape index (κ3) is 4.18. The third-order valence-corrected chi connectivity index (χ3v) is 5.48. The number of thiophene rings is 1. The summed E-state index contributed by atoms with van der Waals surface area (Å²) in [4.78, 5) is 18.3. The van der Waals surface area contributed by atoms with Crippen molar-refractivity contribution in [3.05, 3.63) is 52.3 Å². The fourth-order valence-corrected chi connectivity index (χ4v) is 3.90. The van der Waals surface area contributed by atoms with Gasteiger partial charge in [-0.25, -0.2) is 4.98 Å². The Morgan fingerprint density at radius 1 is 1.28 bits per heavy atom. The Bertz CT molecular complexity index is 844. The van der Waals surface area contributed by atoms with Gasteiger partial charge in [0.1, 0.15) is 9.88 Å². The first-order valence-corrected chi connectivity index (χ1v) is 9.48. The molecule has 0 aliphatic rings. The molecule has 130 valence electrons. The van der Waals surface area contributed by atoms with Crippen molar-refractivity contribution in [2.75, 3.05) is 13.7 Å². The Morgan fingerprint density at radius 3 is 2.88 bits per heavy atom. The number of rotatable bonds is 7. The van der Waals surface area contributed by atoms with E-state index >= 15 is 0 Å². The highest BCUT2D eigenvalue weighted by Gasteiger charge is 2.13. The fourth-order valence-electron chi connectivity index (χ4n) is 2.26. The van der Waals surface area contributed by atoms with E-state index in [9.17, 15) is 4.79 Å². The summed E-state index contributed by atoms with van der Waals surface area (Å²) < 4.78 is 10.8. The van der Waals surface area contributed by atoms with Gasteiger partial charge in [-0.1, -0.05) is 12.1 Å². The maximum absolute atomic E-state index is 12.3. The maximum atomic E-state index is 12.3. The molecule has 3 rings (SSSR count). The van der Waals surface area contributed by atoms with Crippen LogP contribution in [0, 0.1) is 0 Å². The summed E-state index contributed by atoms with van der Waals surface area (Å²) in [6, 6.07) is 9.61. The van der Waals surface area contributed by atoms with Crippen molar-refractivity contribution in [1.82, 2.24) is 10.3 Å². The predicted octanol–water partition coefficient (Wildman–Crippen LogP) is 4.21. The van der Waals surface area contributed by atoms with Crippen LogP contribution in [-0.4, -0.2) is 24.6 Å². The molecule has 0 aliphatic carbocycles. The summed E-state index contributed by atoms with van der Waals surface area (Å²) >= 11 is 3.00. The molecule has 0 aliphatic heterocycles. The third-order valence-electron chi connectivity index (χ3n) is 3.44. The zero-order valence-corrected chi connectivity index (χ0v) is 15.6. The molecule has 1 aromatic carbocycles. The number of hydrogen-bond donors (Lipinski definition) is 1. The van der Waals surface area contributed by atoms with E-state index in [0.717, 1.165) is 15.4 Å². The van der Waals surface area contributed by atoms with Crippen molar-refractivity contribution in [3.8, 4) is 21.4 Å². The number of thiazole rings is 1. The molecule has 0 spiro atoms. The molecule has 1 amide bonds. The fraction of sp³-hybridized carbons (Fsp3) is 0.222. The van der Waals surface area contributed by atoms with Gasteiger partial charge in [0.05, 0.1) is 24.8 Å². The van der Waals surface area contributed by atoms with E-state index in [1.165, 1.54) is 11.3 Å². The van der Waals surface area contributed by atoms with Crippen molar-refractivity contribution in [2.24, 2.45) is 0 Å². The number of ether oxygens (including phenoxy) is 2. The van der Waals surface area contributed by atoms with E-state index < -0.39 is 0 Å². The predicted molar refractivity (Wildman–Crippen MR) is 101 cm³/mol. The van der Waals surface area contributed by atoms with E-state index in [2.05, 4.69) is 10.3 Å². The molecule has 0 saturated carbocycles. The summed E-state index contributed by atoms with van der Waals surface area (Å²) in [7, 11) is 1.60. The molecule has 2 heterocycles. The van der Waals surface area contributed by atoms with E-state index in [4.69, 9.17) is 9.47 Å². The van der Waals surface area contributed by atoms with Gasteiger partial charge in [-0.05, 0) is 36.1 Å². The lowest BCUT2D eigenvalue weighted by molar-refractivity contribution is 0.0954. The molecular formula is C18H18N2O3S2. The number of carbonyl (C=O) groups is 1. The molecule has 7 heteroatoms. The molecule has 25 heavy (non-hydrogen) atoms. The highest BCUT2D eigenvalue weighted by molar-refractivity contribution is 7.21. The minimum Gasteiger partial charge on any atom is -0.493 e. The van der Waals surface area contributed by atoms with Crippen molar-refractivity contribution in [2.45, 2.75) is 13.5 Å². The Balaban J connectivity index is 1.64. The normalized spacial score (nSPS) is 10.5. The van der Waals surface area contributed by atoms with Gasteiger partial charge < -0.3 is 14.8 Å². The van der Waals surface area contributed by atoms with Crippen LogP contribution in [0.15, 0.2) is 41.9 Å². The van der Waals surface area contributed by atoms with Gasteiger partial charge in [-0.15, -0.1) is 22.7 Å². The van der Waals surface area contributed by atoms with Gasteiger partial charge in [-0.2, -0.15) is 0 Å². The van der Waals surface area contributed by atoms with E-state index in [1.807, 2.05) is 42.6 Å².